The van der Waals surface area contributed by atoms with Crippen molar-refractivity contribution in [2.45, 2.75) is 64.3 Å². The van der Waals surface area contributed by atoms with E-state index < -0.39 is 0 Å². The van der Waals surface area contributed by atoms with Crippen LogP contribution in [0.2, 0.25) is 0 Å². The first-order chi connectivity index (χ1) is 7.74. The van der Waals surface area contributed by atoms with E-state index in [1.165, 1.54) is 32.1 Å². The van der Waals surface area contributed by atoms with Crippen LogP contribution in [0.5, 0.6) is 0 Å². The Kier molecular flexibility index (Phi) is 6.46. The van der Waals surface area contributed by atoms with Crippen LogP contribution < -0.4 is 11.1 Å². The zero-order valence-electron chi connectivity index (χ0n) is 10.5. The molecule has 3 N–H and O–H groups in total. The quantitative estimate of drug-likeness (QED) is 0.654. The number of nitrogens with one attached hydrogen (secondary N) is 1. The van der Waals surface area contributed by atoms with Crippen LogP contribution in [0.4, 0.5) is 0 Å². The summed E-state index contributed by atoms with van der Waals surface area (Å²) in [5.74, 6) is 0.939. The van der Waals surface area contributed by atoms with E-state index in [0.29, 0.717) is 0 Å². The molecule has 1 amide bonds. The van der Waals surface area contributed by atoms with Gasteiger partial charge in [-0.25, -0.2) is 0 Å². The van der Waals surface area contributed by atoms with Gasteiger partial charge in [-0.15, -0.1) is 0 Å². The SMILES string of the molecule is CCC[C@@H](N)C(=O)NCCCC1CCCC1. The van der Waals surface area contributed by atoms with Gasteiger partial charge in [0.2, 0.25) is 5.91 Å². The zero-order valence-corrected chi connectivity index (χ0v) is 10.5. The zero-order chi connectivity index (χ0) is 11.8. The highest BCUT2D eigenvalue weighted by Gasteiger charge is 2.15. The van der Waals surface area contributed by atoms with Crippen LogP contribution in [0, 0.1) is 5.92 Å². The summed E-state index contributed by atoms with van der Waals surface area (Å²) in [6.45, 7) is 2.85. The lowest BCUT2D eigenvalue weighted by Gasteiger charge is -2.12. The summed E-state index contributed by atoms with van der Waals surface area (Å²) in [7, 11) is 0. The number of hydrogen-bond acceptors (Lipinski definition) is 2. The Bertz CT molecular complexity index is 200. The molecule has 1 saturated carbocycles. The second-order valence-electron chi connectivity index (χ2n) is 4.98. The first-order valence-corrected chi connectivity index (χ1v) is 6.77. The molecule has 0 spiro atoms. The summed E-state index contributed by atoms with van der Waals surface area (Å²) in [5, 5.41) is 2.93. The smallest absolute Gasteiger partial charge is 0.236 e. The molecule has 1 aliphatic carbocycles. The monoisotopic (exact) mass is 226 g/mol. The van der Waals surface area contributed by atoms with Gasteiger partial charge in [-0.2, -0.15) is 0 Å². The van der Waals surface area contributed by atoms with E-state index in [-0.39, 0.29) is 11.9 Å². The largest absolute Gasteiger partial charge is 0.355 e. The second kappa shape index (κ2) is 7.66. The summed E-state index contributed by atoms with van der Waals surface area (Å²) >= 11 is 0. The maximum Gasteiger partial charge on any atom is 0.236 e. The van der Waals surface area contributed by atoms with Crippen LogP contribution in [0.3, 0.4) is 0 Å². The standard InChI is InChI=1S/C13H26N2O/c1-2-6-12(14)13(16)15-10-5-9-11-7-3-4-8-11/h11-12H,2-10,14H2,1H3,(H,15,16)/t12-/m1/s1. The van der Waals surface area contributed by atoms with Crippen LogP contribution in [0.25, 0.3) is 0 Å². The van der Waals surface area contributed by atoms with Crippen molar-refractivity contribution in [3.8, 4) is 0 Å². The Morgan fingerprint density at radius 3 is 2.75 bits per heavy atom. The number of amides is 1. The highest BCUT2D eigenvalue weighted by molar-refractivity contribution is 5.81. The van der Waals surface area contributed by atoms with E-state index in [0.717, 1.165) is 31.7 Å². The number of nitrogens with two attached hydrogens (primary N) is 1. The predicted octanol–water partition coefficient (Wildman–Crippen LogP) is 2.20. The molecule has 1 fully saturated rings. The van der Waals surface area contributed by atoms with Crippen molar-refractivity contribution in [3.05, 3.63) is 0 Å². The lowest BCUT2D eigenvalue weighted by molar-refractivity contribution is -0.122. The first-order valence-electron chi connectivity index (χ1n) is 6.77. The fourth-order valence-electron chi connectivity index (χ4n) is 2.47. The number of rotatable bonds is 7. The van der Waals surface area contributed by atoms with Crippen molar-refractivity contribution >= 4 is 5.91 Å². The summed E-state index contributed by atoms with van der Waals surface area (Å²) in [5.41, 5.74) is 5.72. The van der Waals surface area contributed by atoms with Gasteiger partial charge in [0.1, 0.15) is 0 Å². The predicted molar refractivity (Wildman–Crippen MR) is 67.1 cm³/mol. The fourth-order valence-corrected chi connectivity index (χ4v) is 2.47. The van der Waals surface area contributed by atoms with E-state index in [9.17, 15) is 4.79 Å². The average molecular weight is 226 g/mol. The van der Waals surface area contributed by atoms with Crippen molar-refractivity contribution < 1.29 is 4.79 Å². The van der Waals surface area contributed by atoms with Gasteiger partial charge in [0.25, 0.3) is 0 Å². The lowest BCUT2D eigenvalue weighted by Crippen LogP contribution is -2.40. The van der Waals surface area contributed by atoms with Gasteiger partial charge in [-0.05, 0) is 25.2 Å². The summed E-state index contributed by atoms with van der Waals surface area (Å²) in [6, 6.07) is -0.309. The van der Waals surface area contributed by atoms with Crippen molar-refractivity contribution in [3.63, 3.8) is 0 Å². The van der Waals surface area contributed by atoms with Crippen molar-refractivity contribution in [1.82, 2.24) is 5.32 Å². The summed E-state index contributed by atoms with van der Waals surface area (Å²) in [4.78, 5) is 11.5. The van der Waals surface area contributed by atoms with Gasteiger partial charge in [-0.1, -0.05) is 39.0 Å². The minimum atomic E-state index is -0.309. The van der Waals surface area contributed by atoms with Gasteiger partial charge >= 0.3 is 0 Å². The fraction of sp³-hybridized carbons (Fsp3) is 0.923. The molecule has 16 heavy (non-hydrogen) atoms. The molecule has 3 heteroatoms. The topological polar surface area (TPSA) is 55.1 Å². The molecule has 0 heterocycles. The molecule has 0 aromatic heterocycles. The minimum absolute atomic E-state index is 0.0215. The van der Waals surface area contributed by atoms with Crippen LogP contribution in [0.1, 0.15) is 58.3 Å². The molecule has 0 aliphatic heterocycles. The van der Waals surface area contributed by atoms with E-state index >= 15 is 0 Å². The Labute approximate surface area is 99.2 Å². The molecule has 1 rings (SSSR count). The Balaban J connectivity index is 1.99. The molecular formula is C13H26N2O. The summed E-state index contributed by atoms with van der Waals surface area (Å²) < 4.78 is 0. The molecular weight excluding hydrogens is 200 g/mol. The molecule has 0 radical (unpaired) electrons. The minimum Gasteiger partial charge on any atom is -0.355 e. The first kappa shape index (κ1) is 13.5. The Hall–Kier alpha value is -0.570. The van der Waals surface area contributed by atoms with Crippen LogP contribution >= 0.6 is 0 Å². The second-order valence-corrected chi connectivity index (χ2v) is 4.98. The molecule has 0 saturated heterocycles. The van der Waals surface area contributed by atoms with E-state index in [1.54, 1.807) is 0 Å². The van der Waals surface area contributed by atoms with Gasteiger partial charge in [0, 0.05) is 6.54 Å². The number of carbonyl (C=O) groups excluding carboxylic acids is 1. The third kappa shape index (κ3) is 4.97. The van der Waals surface area contributed by atoms with Gasteiger partial charge in [0.05, 0.1) is 6.04 Å². The average Bonchev–Trinajstić information content (AvgIpc) is 2.77. The molecule has 94 valence electrons. The molecule has 0 unspecified atom stereocenters. The Morgan fingerprint density at radius 1 is 1.44 bits per heavy atom. The van der Waals surface area contributed by atoms with Gasteiger partial charge in [-0.3, -0.25) is 4.79 Å². The summed E-state index contributed by atoms with van der Waals surface area (Å²) in [6.07, 6.45) is 9.72. The molecule has 3 nitrogen and oxygen atoms in total. The molecule has 1 aliphatic rings. The third-order valence-corrected chi connectivity index (χ3v) is 3.50. The third-order valence-electron chi connectivity index (χ3n) is 3.50. The maximum atomic E-state index is 11.5. The van der Waals surface area contributed by atoms with E-state index in [2.05, 4.69) is 5.32 Å². The highest BCUT2D eigenvalue weighted by Crippen LogP contribution is 2.28. The lowest BCUT2D eigenvalue weighted by atomic mass is 10.0. The van der Waals surface area contributed by atoms with Gasteiger partial charge < -0.3 is 11.1 Å². The van der Waals surface area contributed by atoms with Crippen LogP contribution in [0.15, 0.2) is 0 Å². The van der Waals surface area contributed by atoms with Crippen LogP contribution in [-0.4, -0.2) is 18.5 Å². The van der Waals surface area contributed by atoms with E-state index in [1.807, 2.05) is 6.92 Å². The van der Waals surface area contributed by atoms with Crippen molar-refractivity contribution in [2.75, 3.05) is 6.54 Å². The molecule has 0 aromatic rings. The highest BCUT2D eigenvalue weighted by atomic mass is 16.2. The molecule has 0 bridgehead atoms. The van der Waals surface area contributed by atoms with E-state index in [4.69, 9.17) is 5.73 Å². The van der Waals surface area contributed by atoms with Crippen LogP contribution in [-0.2, 0) is 4.79 Å². The number of carbonyl (C=O) groups is 1. The van der Waals surface area contributed by atoms with Crippen molar-refractivity contribution in [1.29, 1.82) is 0 Å². The molecule has 1 atom stereocenters. The number of hydrogen-bond donors (Lipinski definition) is 2. The maximum absolute atomic E-state index is 11.5. The van der Waals surface area contributed by atoms with Gasteiger partial charge in [0.15, 0.2) is 0 Å². The van der Waals surface area contributed by atoms with Crippen molar-refractivity contribution in [2.24, 2.45) is 11.7 Å². The molecule has 0 aromatic carbocycles. The normalized spacial score (nSPS) is 18.6. The Morgan fingerprint density at radius 2 is 2.12 bits per heavy atom.